The number of benzene rings is 1. The van der Waals surface area contributed by atoms with Gasteiger partial charge in [-0.05, 0) is 146 Å². The number of anilines is 1. The Morgan fingerprint density at radius 1 is 1.04 bits per heavy atom. The Hall–Kier alpha value is -3.28. The molecule has 0 bridgehead atoms. The van der Waals surface area contributed by atoms with Crippen LogP contribution in [-0.2, 0) is 14.3 Å². The highest BCUT2D eigenvalue weighted by Crippen LogP contribution is 2.68. The first-order valence-corrected chi connectivity index (χ1v) is 18.6. The van der Waals surface area contributed by atoms with Crippen molar-refractivity contribution >= 4 is 34.3 Å². The maximum Gasteiger partial charge on any atom is 0.328 e. The summed E-state index contributed by atoms with van der Waals surface area (Å²) >= 11 is 0. The van der Waals surface area contributed by atoms with Crippen molar-refractivity contribution in [1.29, 1.82) is 0 Å². The molecular formula is C37H55N5O7. The maximum atomic E-state index is 13.2. The molecule has 2 aromatic rings. The largest absolute Gasteiger partial charge is 0.467 e. The summed E-state index contributed by atoms with van der Waals surface area (Å²) in [6.45, 7) is 7.96. The molecule has 6 rings (SSSR count). The fourth-order valence-electron chi connectivity index (χ4n) is 11.3. The van der Waals surface area contributed by atoms with Crippen molar-refractivity contribution in [2.75, 3.05) is 19.0 Å². The first-order valence-electron chi connectivity index (χ1n) is 18.6. The van der Waals surface area contributed by atoms with Gasteiger partial charge in [0.2, 0.25) is 11.4 Å². The summed E-state index contributed by atoms with van der Waals surface area (Å²) in [5.74, 6) is 3.50. The van der Waals surface area contributed by atoms with Gasteiger partial charge in [-0.15, -0.1) is 0 Å². The van der Waals surface area contributed by atoms with Crippen LogP contribution in [0.25, 0.3) is 11.0 Å². The van der Waals surface area contributed by atoms with E-state index in [0.717, 1.165) is 37.0 Å². The number of ether oxygens (including phenoxy) is 1. The lowest BCUT2D eigenvalue weighted by Gasteiger charge is -2.61. The molecule has 49 heavy (non-hydrogen) atoms. The number of methoxy groups -OCH3 is 1. The van der Waals surface area contributed by atoms with Gasteiger partial charge in [0, 0.05) is 19.0 Å². The quantitative estimate of drug-likeness (QED) is 0.0884. The number of aliphatic hydroxyl groups excluding tert-OH is 1. The van der Waals surface area contributed by atoms with Gasteiger partial charge in [-0.2, -0.15) is 0 Å². The van der Waals surface area contributed by atoms with Gasteiger partial charge >= 0.3 is 11.7 Å². The number of unbranched alkanes of at least 4 members (excludes halogenated alkanes) is 1. The third-order valence-corrected chi connectivity index (χ3v) is 13.9. The minimum atomic E-state index is -0.709. The summed E-state index contributed by atoms with van der Waals surface area (Å²) in [7, 11) is 1.34. The Kier molecular flexibility index (Phi) is 10.5. The third kappa shape index (κ3) is 6.90. The lowest BCUT2D eigenvalue weighted by atomic mass is 9.44. The lowest BCUT2D eigenvalue weighted by Crippen LogP contribution is -2.54. The number of nitrogens with one attached hydrogen (secondary N) is 2. The molecule has 4 aliphatic carbocycles. The van der Waals surface area contributed by atoms with Crippen LogP contribution in [0.5, 0.6) is 0 Å². The average Bonchev–Trinajstić information content (AvgIpc) is 3.71. The standard InChI is InChI=1S/C37H55N5O7/c1-22(26-11-12-27-25-10-9-23-21-24(43)16-18-36(23,2)28(25)17-19-37(26,27)3)8-15-32(44)39-30(35(45)48-4)7-5-6-20-38-29-13-14-31(42(46)47)34-33(29)40-49-41-34/h13-14,22-28,30,38,43H,5-12,15-21H2,1-4H3,(H,39,44)/t22-,23?,24-,25?,26?,27?,28?,30+,36+,37-/m1/s1. The molecule has 0 saturated heterocycles. The summed E-state index contributed by atoms with van der Waals surface area (Å²) < 4.78 is 9.74. The van der Waals surface area contributed by atoms with Crippen LogP contribution in [0.3, 0.4) is 0 Å². The molecule has 5 unspecified atom stereocenters. The number of hydrogen-bond acceptors (Lipinski definition) is 10. The predicted octanol–water partition coefficient (Wildman–Crippen LogP) is 6.81. The molecule has 1 amide bonds. The lowest BCUT2D eigenvalue weighted by molar-refractivity contribution is -0.383. The molecule has 12 heteroatoms. The summed E-state index contributed by atoms with van der Waals surface area (Å²) in [5.41, 5.74) is 1.49. The Labute approximate surface area is 289 Å². The molecule has 4 saturated carbocycles. The molecule has 3 N–H and O–H groups in total. The Morgan fingerprint density at radius 3 is 2.57 bits per heavy atom. The summed E-state index contributed by atoms with van der Waals surface area (Å²) in [5, 5.41) is 35.2. The predicted molar refractivity (Wildman–Crippen MR) is 184 cm³/mol. The topological polar surface area (TPSA) is 170 Å². The number of nitrogens with zero attached hydrogens (tertiary/aromatic N) is 3. The second-order valence-electron chi connectivity index (χ2n) is 16.2. The third-order valence-electron chi connectivity index (χ3n) is 13.9. The maximum absolute atomic E-state index is 13.2. The number of rotatable bonds is 13. The van der Waals surface area contributed by atoms with Crippen LogP contribution >= 0.6 is 0 Å². The monoisotopic (exact) mass is 681 g/mol. The highest BCUT2D eigenvalue weighted by atomic mass is 16.6. The number of aliphatic hydroxyl groups is 1. The van der Waals surface area contributed by atoms with E-state index in [4.69, 9.17) is 9.37 Å². The van der Waals surface area contributed by atoms with Gasteiger partial charge in [0.15, 0.2) is 5.52 Å². The summed E-state index contributed by atoms with van der Waals surface area (Å²) in [6, 6.07) is 2.23. The molecule has 12 nitrogen and oxygen atoms in total. The van der Waals surface area contributed by atoms with E-state index in [9.17, 15) is 24.8 Å². The molecule has 1 aromatic heterocycles. The molecule has 10 atom stereocenters. The van der Waals surface area contributed by atoms with Crippen LogP contribution in [-0.4, -0.2) is 58.0 Å². The van der Waals surface area contributed by atoms with Crippen LogP contribution in [0.1, 0.15) is 111 Å². The zero-order chi connectivity index (χ0) is 34.9. The zero-order valence-corrected chi connectivity index (χ0v) is 29.6. The van der Waals surface area contributed by atoms with Crippen molar-refractivity contribution in [2.24, 2.45) is 46.3 Å². The highest BCUT2D eigenvalue weighted by molar-refractivity contribution is 5.93. The molecule has 1 heterocycles. The van der Waals surface area contributed by atoms with Crippen molar-refractivity contribution in [3.05, 3.63) is 22.2 Å². The van der Waals surface area contributed by atoms with Crippen LogP contribution in [0.15, 0.2) is 16.8 Å². The number of nitro groups is 1. The van der Waals surface area contributed by atoms with Gasteiger partial charge in [-0.25, -0.2) is 9.42 Å². The van der Waals surface area contributed by atoms with Gasteiger partial charge < -0.3 is 20.5 Å². The Balaban J connectivity index is 0.968. The van der Waals surface area contributed by atoms with E-state index >= 15 is 0 Å². The van der Waals surface area contributed by atoms with Crippen molar-refractivity contribution in [2.45, 2.75) is 123 Å². The SMILES string of the molecule is COC(=O)[C@H](CCCCNc1ccc([N+](=O)[O-])c2nonc12)NC(=O)CC[C@@H](C)C1CCC2C3CCC4C[C@H](O)CC[C@]4(C)C3CC[C@@]21C. The molecule has 4 aliphatic rings. The van der Waals surface area contributed by atoms with Gasteiger partial charge in [-0.1, -0.05) is 20.8 Å². The second-order valence-corrected chi connectivity index (χ2v) is 16.2. The molecule has 270 valence electrons. The van der Waals surface area contributed by atoms with E-state index in [1.807, 2.05) is 0 Å². The summed E-state index contributed by atoms with van der Waals surface area (Å²) in [6.07, 6.45) is 13.7. The van der Waals surface area contributed by atoms with Crippen LogP contribution in [0.4, 0.5) is 11.4 Å². The van der Waals surface area contributed by atoms with E-state index in [1.165, 1.54) is 58.1 Å². The Morgan fingerprint density at radius 2 is 1.80 bits per heavy atom. The molecule has 0 spiro atoms. The van der Waals surface area contributed by atoms with Crippen molar-refractivity contribution < 1.29 is 29.0 Å². The van der Waals surface area contributed by atoms with E-state index in [-0.39, 0.29) is 23.2 Å². The zero-order valence-electron chi connectivity index (χ0n) is 29.6. The average molecular weight is 682 g/mol. The number of aromatic nitrogens is 2. The number of nitro benzene ring substituents is 1. The minimum absolute atomic E-state index is 0.0882. The number of esters is 1. The number of hydrogen-bond donors (Lipinski definition) is 3. The van der Waals surface area contributed by atoms with Gasteiger partial charge in [0.05, 0.1) is 23.8 Å². The smallest absolute Gasteiger partial charge is 0.328 e. The molecular weight excluding hydrogens is 626 g/mol. The fraction of sp³-hybridized carbons (Fsp3) is 0.784. The van der Waals surface area contributed by atoms with Gasteiger partial charge in [-0.3, -0.25) is 14.9 Å². The first-order chi connectivity index (χ1) is 23.5. The number of carbonyl (C=O) groups excluding carboxylic acids is 2. The number of carbonyl (C=O) groups is 2. The van der Waals surface area contributed by atoms with E-state index in [2.05, 4.69) is 41.7 Å². The molecule has 0 aliphatic heterocycles. The normalized spacial score (nSPS) is 33.5. The first kappa shape index (κ1) is 35.5. The van der Waals surface area contributed by atoms with Gasteiger partial charge in [0.25, 0.3) is 0 Å². The van der Waals surface area contributed by atoms with Crippen molar-refractivity contribution in [1.82, 2.24) is 15.6 Å². The molecule has 4 fully saturated rings. The number of non-ortho nitro benzene ring substituents is 1. The fourth-order valence-corrected chi connectivity index (χ4v) is 11.3. The second kappa shape index (κ2) is 14.5. The van der Waals surface area contributed by atoms with E-state index < -0.39 is 16.9 Å². The van der Waals surface area contributed by atoms with Crippen molar-refractivity contribution in [3.63, 3.8) is 0 Å². The van der Waals surface area contributed by atoms with E-state index in [1.54, 1.807) is 6.07 Å². The number of fused-ring (bicyclic) bond motifs is 6. The molecule has 1 aromatic carbocycles. The van der Waals surface area contributed by atoms with Crippen LogP contribution < -0.4 is 10.6 Å². The van der Waals surface area contributed by atoms with Gasteiger partial charge in [0.1, 0.15) is 6.04 Å². The van der Waals surface area contributed by atoms with Crippen molar-refractivity contribution in [3.8, 4) is 0 Å². The van der Waals surface area contributed by atoms with Crippen LogP contribution in [0, 0.1) is 56.5 Å². The van der Waals surface area contributed by atoms with Crippen LogP contribution in [0.2, 0.25) is 0 Å². The van der Waals surface area contributed by atoms with E-state index in [0.29, 0.717) is 72.0 Å². The molecule has 0 radical (unpaired) electrons. The minimum Gasteiger partial charge on any atom is -0.467 e. The number of amides is 1. The Bertz CT molecular complexity index is 1520. The highest BCUT2D eigenvalue weighted by Gasteiger charge is 2.60. The summed E-state index contributed by atoms with van der Waals surface area (Å²) in [4.78, 5) is 36.5.